The number of likely N-dealkylation sites (tertiary alicyclic amines) is 1. The van der Waals surface area contributed by atoms with Crippen molar-refractivity contribution in [2.24, 2.45) is 11.1 Å². The van der Waals surface area contributed by atoms with Crippen LogP contribution < -0.4 is 26.4 Å². The molecule has 1 aliphatic rings. The van der Waals surface area contributed by atoms with Crippen molar-refractivity contribution in [2.75, 3.05) is 26.2 Å². The Kier molecular flexibility index (Phi) is 13.5. The van der Waals surface area contributed by atoms with Crippen molar-refractivity contribution in [3.63, 3.8) is 0 Å². The lowest BCUT2D eigenvalue weighted by atomic mass is 9.85. The summed E-state index contributed by atoms with van der Waals surface area (Å²) in [7, 11) is 0. The van der Waals surface area contributed by atoms with Gasteiger partial charge in [0.1, 0.15) is 17.8 Å². The summed E-state index contributed by atoms with van der Waals surface area (Å²) in [6, 6.07) is 3.65. The number of unbranched alkanes of at least 4 members (excludes halogenated alkanes) is 2. The number of aryl methyl sites for hydroxylation is 1. The molecule has 2 aromatic rings. The maximum absolute atomic E-state index is 13.7. The van der Waals surface area contributed by atoms with Crippen LogP contribution in [0, 0.1) is 12.3 Å². The Hall–Kier alpha value is -3.55. The van der Waals surface area contributed by atoms with Gasteiger partial charge >= 0.3 is 0 Å². The zero-order valence-corrected chi connectivity index (χ0v) is 28.7. The van der Waals surface area contributed by atoms with Crippen LogP contribution in [0.3, 0.4) is 0 Å². The summed E-state index contributed by atoms with van der Waals surface area (Å²) in [6.07, 6.45) is 2.01. The van der Waals surface area contributed by atoms with Crippen molar-refractivity contribution in [2.45, 2.75) is 97.9 Å². The Morgan fingerprint density at radius 3 is 2.54 bits per heavy atom. The second kappa shape index (κ2) is 16.8. The van der Waals surface area contributed by atoms with Crippen LogP contribution in [0.2, 0.25) is 0 Å². The molecule has 12 nitrogen and oxygen atoms in total. The Bertz CT molecular complexity index is 1360. The van der Waals surface area contributed by atoms with Gasteiger partial charge < -0.3 is 36.4 Å². The summed E-state index contributed by atoms with van der Waals surface area (Å²) in [4.78, 5) is 57.6. The van der Waals surface area contributed by atoms with Crippen molar-refractivity contribution in [1.29, 1.82) is 0 Å². The predicted molar refractivity (Wildman–Crippen MR) is 178 cm³/mol. The number of benzene rings is 1. The lowest BCUT2D eigenvalue weighted by Gasteiger charge is -2.35. The minimum atomic E-state index is -0.891. The van der Waals surface area contributed by atoms with Crippen LogP contribution in [0.5, 0.6) is 5.75 Å². The van der Waals surface area contributed by atoms with Gasteiger partial charge in [0.05, 0.1) is 34.8 Å². The average molecular weight is 659 g/mol. The number of thiazole rings is 1. The van der Waals surface area contributed by atoms with Gasteiger partial charge in [-0.15, -0.1) is 11.3 Å². The quantitative estimate of drug-likeness (QED) is 0.182. The molecule has 2 heterocycles. The maximum Gasteiger partial charge on any atom is 0.246 e. The first kappa shape index (κ1) is 36.9. The van der Waals surface area contributed by atoms with Crippen molar-refractivity contribution in [1.82, 2.24) is 25.8 Å². The van der Waals surface area contributed by atoms with E-state index < -0.39 is 41.5 Å². The first-order valence-electron chi connectivity index (χ1n) is 15.9. The monoisotopic (exact) mass is 658 g/mol. The highest BCUT2D eigenvalue weighted by Crippen LogP contribution is 2.35. The maximum atomic E-state index is 13.7. The average Bonchev–Trinajstić information content (AvgIpc) is 3.59. The molecule has 0 bridgehead atoms. The van der Waals surface area contributed by atoms with Crippen LogP contribution in [-0.4, -0.2) is 83.0 Å². The Morgan fingerprint density at radius 1 is 1.17 bits per heavy atom. The number of β-amino-alcohol motifs (C(OH)–C–C–N with tert-alkyl or cyclic N) is 1. The summed E-state index contributed by atoms with van der Waals surface area (Å²) in [5.41, 5.74) is 9.26. The standard InChI is InChI=1S/C33H50N6O6S/c1-20(37-31(43)26-17-24(41)18-39(26)32(44)30(33(4,5)6)38-22(3)40)25-11-10-23(29-21(2)36-19-46-29)16-27(25)45-15-9-7-8-14-35-28(42)12-13-34/h10-11,16,19-20,24,26,30,41H,7-9,12-15,17-18,34H2,1-6H3,(H,35,42)(H,37,43)(H,38,40)/t20-,24+,26-,30+/m0/s1. The lowest BCUT2D eigenvalue weighted by Crippen LogP contribution is -2.57. The fraction of sp³-hybridized carbons (Fsp3) is 0.606. The predicted octanol–water partition coefficient (Wildman–Crippen LogP) is 2.82. The number of carbonyl (C=O) groups excluding carboxylic acids is 4. The number of hydrogen-bond acceptors (Lipinski definition) is 9. The van der Waals surface area contributed by atoms with E-state index in [4.69, 9.17) is 10.5 Å². The molecule has 13 heteroatoms. The minimum Gasteiger partial charge on any atom is -0.493 e. The van der Waals surface area contributed by atoms with Gasteiger partial charge in [0, 0.05) is 45.0 Å². The number of nitrogens with zero attached hydrogens (tertiary/aromatic N) is 2. The van der Waals surface area contributed by atoms with Crippen molar-refractivity contribution in [3.05, 3.63) is 35.0 Å². The van der Waals surface area contributed by atoms with E-state index in [2.05, 4.69) is 20.9 Å². The SMILES string of the molecule is CC(=O)N[C@H](C(=O)N1C[C@H](O)C[C@H]1C(=O)N[C@@H](C)c1ccc(-c2scnc2C)cc1OCCCCCNC(=O)CCN)C(C)(C)C. The molecule has 1 saturated heterocycles. The van der Waals surface area contributed by atoms with Crippen LogP contribution in [0.1, 0.15) is 84.0 Å². The summed E-state index contributed by atoms with van der Waals surface area (Å²) in [5, 5.41) is 19.1. The number of nitrogens with one attached hydrogen (secondary N) is 3. The third-order valence-corrected chi connectivity index (χ3v) is 8.92. The summed E-state index contributed by atoms with van der Waals surface area (Å²) in [6.45, 7) is 12.1. The van der Waals surface area contributed by atoms with Crippen LogP contribution in [0.4, 0.5) is 0 Å². The fourth-order valence-corrected chi connectivity index (χ4v) is 6.28. The third-order valence-electron chi connectivity index (χ3n) is 7.94. The molecular formula is C33H50N6O6S. The van der Waals surface area contributed by atoms with Gasteiger partial charge in [-0.25, -0.2) is 4.98 Å². The van der Waals surface area contributed by atoms with E-state index >= 15 is 0 Å². The summed E-state index contributed by atoms with van der Waals surface area (Å²) >= 11 is 1.54. The third kappa shape index (κ3) is 10.2. The molecular weight excluding hydrogens is 608 g/mol. The highest BCUT2D eigenvalue weighted by Gasteiger charge is 2.44. The normalized spacial score (nSPS) is 17.7. The van der Waals surface area contributed by atoms with Crippen LogP contribution in [0.25, 0.3) is 10.4 Å². The first-order valence-corrected chi connectivity index (χ1v) is 16.8. The van der Waals surface area contributed by atoms with Crippen LogP contribution >= 0.6 is 11.3 Å². The highest BCUT2D eigenvalue weighted by molar-refractivity contribution is 7.13. The molecule has 1 aromatic heterocycles. The van der Waals surface area contributed by atoms with Gasteiger partial charge in [-0.3, -0.25) is 19.2 Å². The summed E-state index contributed by atoms with van der Waals surface area (Å²) in [5.74, 6) is -0.554. The molecule has 1 fully saturated rings. The van der Waals surface area contributed by atoms with Gasteiger partial charge in [-0.1, -0.05) is 32.9 Å². The zero-order chi connectivity index (χ0) is 34.0. The molecule has 0 aliphatic carbocycles. The Labute approximate surface area is 275 Å². The first-order chi connectivity index (χ1) is 21.7. The molecule has 0 spiro atoms. The number of aliphatic hydroxyl groups excluding tert-OH is 1. The van der Waals surface area contributed by atoms with Crippen molar-refractivity contribution >= 4 is 35.0 Å². The van der Waals surface area contributed by atoms with Crippen LogP contribution in [0.15, 0.2) is 23.7 Å². The number of aliphatic hydroxyl groups is 1. The number of carbonyl (C=O) groups is 4. The second-order valence-electron chi connectivity index (χ2n) is 12.9. The van der Waals surface area contributed by atoms with Crippen LogP contribution in [-0.2, 0) is 19.2 Å². The van der Waals surface area contributed by atoms with E-state index in [0.29, 0.717) is 31.9 Å². The molecule has 1 aromatic carbocycles. The van der Waals surface area contributed by atoms with E-state index in [9.17, 15) is 24.3 Å². The van der Waals surface area contributed by atoms with Gasteiger partial charge in [0.15, 0.2) is 0 Å². The number of nitrogens with two attached hydrogens (primary N) is 1. The van der Waals surface area contributed by atoms with E-state index in [1.165, 1.54) is 11.8 Å². The largest absolute Gasteiger partial charge is 0.493 e. The molecule has 254 valence electrons. The Balaban J connectivity index is 1.73. The minimum absolute atomic E-state index is 0.00538. The van der Waals surface area contributed by atoms with Crippen molar-refractivity contribution in [3.8, 4) is 16.2 Å². The summed E-state index contributed by atoms with van der Waals surface area (Å²) < 4.78 is 6.28. The molecule has 0 radical (unpaired) electrons. The molecule has 4 atom stereocenters. The number of amides is 4. The number of aromatic nitrogens is 1. The molecule has 0 unspecified atom stereocenters. The molecule has 4 amide bonds. The topological polar surface area (TPSA) is 176 Å². The Morgan fingerprint density at radius 2 is 1.91 bits per heavy atom. The van der Waals surface area contributed by atoms with E-state index in [1.54, 1.807) is 16.8 Å². The zero-order valence-electron chi connectivity index (χ0n) is 27.9. The van der Waals surface area contributed by atoms with Crippen molar-refractivity contribution < 1.29 is 29.0 Å². The van der Waals surface area contributed by atoms with E-state index in [0.717, 1.165) is 41.0 Å². The smallest absolute Gasteiger partial charge is 0.246 e. The van der Waals surface area contributed by atoms with Gasteiger partial charge in [0.2, 0.25) is 23.6 Å². The van der Waals surface area contributed by atoms with E-state index in [1.807, 2.05) is 52.8 Å². The molecule has 3 rings (SSSR count). The number of rotatable bonds is 15. The van der Waals surface area contributed by atoms with E-state index in [-0.39, 0.29) is 24.8 Å². The van der Waals surface area contributed by atoms with Gasteiger partial charge in [0.25, 0.3) is 0 Å². The second-order valence-corrected chi connectivity index (χ2v) is 13.8. The van der Waals surface area contributed by atoms with Gasteiger partial charge in [-0.05, 0) is 50.2 Å². The molecule has 6 N–H and O–H groups in total. The molecule has 0 saturated carbocycles. The van der Waals surface area contributed by atoms with Gasteiger partial charge in [-0.2, -0.15) is 0 Å². The number of ether oxygens (including phenoxy) is 1. The molecule has 46 heavy (non-hydrogen) atoms. The number of hydrogen-bond donors (Lipinski definition) is 5. The molecule has 1 aliphatic heterocycles. The highest BCUT2D eigenvalue weighted by atomic mass is 32.1. The lowest BCUT2D eigenvalue weighted by molar-refractivity contribution is -0.144. The fourth-order valence-electron chi connectivity index (χ4n) is 5.48.